The maximum atomic E-state index is 12.0. The van der Waals surface area contributed by atoms with E-state index in [2.05, 4.69) is 5.10 Å². The first kappa shape index (κ1) is 11.9. The average Bonchev–Trinajstić information content (AvgIpc) is 2.42. The van der Waals surface area contributed by atoms with Gasteiger partial charge in [-0.15, -0.1) is 0 Å². The molecule has 0 aliphatic heterocycles. The molecule has 0 amide bonds. The minimum Gasteiger partial charge on any atom is -0.384 e. The maximum Gasteiger partial charge on any atom is 0.240 e. The zero-order valence-corrected chi connectivity index (χ0v) is 9.30. The van der Waals surface area contributed by atoms with Gasteiger partial charge >= 0.3 is 0 Å². The van der Waals surface area contributed by atoms with E-state index in [0.717, 1.165) is 5.69 Å². The molecule has 1 rings (SSSR count). The summed E-state index contributed by atoms with van der Waals surface area (Å²) in [7, 11) is 0. The molecule has 0 aliphatic carbocycles. The van der Waals surface area contributed by atoms with Gasteiger partial charge in [0.1, 0.15) is 5.82 Å². The molecule has 0 aromatic carbocycles. The summed E-state index contributed by atoms with van der Waals surface area (Å²) >= 11 is 0. The fourth-order valence-electron chi connectivity index (χ4n) is 1.20. The average molecular weight is 217 g/mol. The van der Waals surface area contributed by atoms with E-state index in [-0.39, 0.29) is 18.4 Å². The Bertz CT molecular complexity index is 326. The lowest BCUT2D eigenvalue weighted by Crippen LogP contribution is -2.13. The van der Waals surface area contributed by atoms with Gasteiger partial charge in [-0.3, -0.25) is 0 Å². The Balaban J connectivity index is 2.78. The van der Waals surface area contributed by atoms with Crippen molar-refractivity contribution in [1.82, 2.24) is 9.78 Å². The fraction of sp³-hybridized carbons (Fsp3) is 0.700. The number of halogens is 2. The Morgan fingerprint density at radius 2 is 2.07 bits per heavy atom. The lowest BCUT2D eigenvalue weighted by molar-refractivity contribution is 0.130. The number of anilines is 1. The van der Waals surface area contributed by atoms with Crippen molar-refractivity contribution in [2.75, 3.05) is 5.73 Å². The predicted octanol–water partition coefficient (Wildman–Crippen LogP) is 2.42. The van der Waals surface area contributed by atoms with Gasteiger partial charge in [0.2, 0.25) is 6.43 Å². The topological polar surface area (TPSA) is 43.8 Å². The lowest BCUT2D eigenvalue weighted by atomic mass is 9.92. The molecule has 5 heteroatoms. The van der Waals surface area contributed by atoms with Gasteiger partial charge in [0, 0.05) is 24.4 Å². The molecule has 2 N–H and O–H groups in total. The first-order valence-electron chi connectivity index (χ1n) is 4.92. The van der Waals surface area contributed by atoms with E-state index in [1.54, 1.807) is 6.07 Å². The predicted molar refractivity (Wildman–Crippen MR) is 56.0 cm³/mol. The quantitative estimate of drug-likeness (QED) is 0.845. The number of nitrogen functional groups attached to an aromatic ring is 1. The molecule has 0 fully saturated rings. The normalized spacial score (nSPS) is 12.4. The minimum absolute atomic E-state index is 0.107. The fourth-order valence-corrected chi connectivity index (χ4v) is 1.20. The molecule has 0 atom stereocenters. The van der Waals surface area contributed by atoms with Crippen LogP contribution < -0.4 is 5.73 Å². The lowest BCUT2D eigenvalue weighted by Gasteiger charge is -2.14. The van der Waals surface area contributed by atoms with Gasteiger partial charge in [-0.25, -0.2) is 13.5 Å². The molecule has 0 aliphatic rings. The summed E-state index contributed by atoms with van der Waals surface area (Å²) in [4.78, 5) is 0. The molecule has 3 nitrogen and oxygen atoms in total. The number of aryl methyl sites for hydroxylation is 1. The van der Waals surface area contributed by atoms with Gasteiger partial charge in [-0.05, 0) is 0 Å². The van der Waals surface area contributed by atoms with Crippen LogP contribution in [0.1, 0.15) is 32.9 Å². The number of hydrogen-bond acceptors (Lipinski definition) is 2. The SMILES string of the molecule is CC(C)(C)c1cc(N)n(CCC(F)F)n1. The first-order chi connectivity index (χ1) is 6.80. The minimum atomic E-state index is -2.31. The molecule has 0 spiro atoms. The van der Waals surface area contributed by atoms with Crippen molar-refractivity contribution in [1.29, 1.82) is 0 Å². The van der Waals surface area contributed by atoms with Crippen molar-refractivity contribution in [3.63, 3.8) is 0 Å². The molecule has 1 aromatic heterocycles. The number of nitrogens with two attached hydrogens (primary N) is 1. The Morgan fingerprint density at radius 3 is 2.47 bits per heavy atom. The third-order valence-corrected chi connectivity index (χ3v) is 2.14. The Labute approximate surface area is 88.3 Å². The largest absolute Gasteiger partial charge is 0.384 e. The van der Waals surface area contributed by atoms with Crippen LogP contribution in [-0.2, 0) is 12.0 Å². The molecular weight excluding hydrogens is 200 g/mol. The van der Waals surface area contributed by atoms with Crippen molar-refractivity contribution in [2.45, 2.75) is 45.6 Å². The monoisotopic (exact) mass is 217 g/mol. The van der Waals surface area contributed by atoms with Crippen molar-refractivity contribution in [3.8, 4) is 0 Å². The summed E-state index contributed by atoms with van der Waals surface area (Å²) in [5, 5.41) is 4.21. The van der Waals surface area contributed by atoms with Crippen molar-refractivity contribution in [2.24, 2.45) is 0 Å². The zero-order chi connectivity index (χ0) is 11.6. The second-order valence-electron chi connectivity index (χ2n) is 4.61. The van der Waals surface area contributed by atoms with Crippen LogP contribution >= 0.6 is 0 Å². The van der Waals surface area contributed by atoms with Crippen LogP contribution in [0.3, 0.4) is 0 Å². The number of alkyl halides is 2. The summed E-state index contributed by atoms with van der Waals surface area (Å²) in [5.41, 5.74) is 6.40. The van der Waals surface area contributed by atoms with E-state index < -0.39 is 6.43 Å². The highest BCUT2D eigenvalue weighted by Crippen LogP contribution is 2.22. The standard InChI is InChI=1S/C10H17F2N3/c1-10(2,3)7-6-9(13)15(14-7)5-4-8(11)12/h6,8H,4-5,13H2,1-3H3. The van der Waals surface area contributed by atoms with E-state index in [9.17, 15) is 8.78 Å². The van der Waals surface area contributed by atoms with Crippen LogP contribution in [0.15, 0.2) is 6.07 Å². The molecule has 15 heavy (non-hydrogen) atoms. The second kappa shape index (κ2) is 4.16. The highest BCUT2D eigenvalue weighted by Gasteiger charge is 2.19. The van der Waals surface area contributed by atoms with E-state index >= 15 is 0 Å². The summed E-state index contributed by atoms with van der Waals surface area (Å²) in [6, 6.07) is 1.74. The third kappa shape index (κ3) is 3.18. The molecule has 0 saturated carbocycles. The molecule has 1 aromatic rings. The first-order valence-corrected chi connectivity index (χ1v) is 4.92. The zero-order valence-electron chi connectivity index (χ0n) is 9.30. The van der Waals surface area contributed by atoms with Crippen LogP contribution in [0, 0.1) is 0 Å². The molecule has 0 radical (unpaired) electrons. The van der Waals surface area contributed by atoms with Gasteiger partial charge < -0.3 is 5.73 Å². The summed E-state index contributed by atoms with van der Waals surface area (Å²) in [6.07, 6.45) is -2.53. The molecule has 1 heterocycles. The number of nitrogens with zero attached hydrogens (tertiary/aromatic N) is 2. The highest BCUT2D eigenvalue weighted by molar-refractivity contribution is 5.33. The second-order valence-corrected chi connectivity index (χ2v) is 4.61. The molecule has 86 valence electrons. The van der Waals surface area contributed by atoms with Gasteiger partial charge in [0.25, 0.3) is 0 Å². The Kier molecular flexibility index (Phi) is 3.31. The van der Waals surface area contributed by atoms with Crippen LogP contribution in [0.25, 0.3) is 0 Å². The van der Waals surface area contributed by atoms with Crippen molar-refractivity contribution in [3.05, 3.63) is 11.8 Å². The van der Waals surface area contributed by atoms with Crippen LogP contribution in [0.2, 0.25) is 0 Å². The smallest absolute Gasteiger partial charge is 0.240 e. The highest BCUT2D eigenvalue weighted by atomic mass is 19.3. The maximum absolute atomic E-state index is 12.0. The van der Waals surface area contributed by atoms with Crippen molar-refractivity contribution < 1.29 is 8.78 Å². The summed E-state index contributed by atoms with van der Waals surface area (Å²) in [5.74, 6) is 0.445. The van der Waals surface area contributed by atoms with Gasteiger partial charge in [0.05, 0.1) is 5.69 Å². The molecule has 0 bridgehead atoms. The van der Waals surface area contributed by atoms with Crippen LogP contribution in [0.5, 0.6) is 0 Å². The summed E-state index contributed by atoms with van der Waals surface area (Å²) < 4.78 is 25.5. The van der Waals surface area contributed by atoms with Crippen LogP contribution in [0.4, 0.5) is 14.6 Å². The molecule has 0 saturated heterocycles. The van der Waals surface area contributed by atoms with Gasteiger partial charge in [-0.1, -0.05) is 20.8 Å². The number of rotatable bonds is 3. The van der Waals surface area contributed by atoms with Crippen molar-refractivity contribution >= 4 is 5.82 Å². The van der Waals surface area contributed by atoms with E-state index in [0.29, 0.717) is 5.82 Å². The van der Waals surface area contributed by atoms with E-state index in [4.69, 9.17) is 5.73 Å². The van der Waals surface area contributed by atoms with Gasteiger partial charge in [0.15, 0.2) is 0 Å². The van der Waals surface area contributed by atoms with E-state index in [1.165, 1.54) is 4.68 Å². The summed E-state index contributed by atoms with van der Waals surface area (Å²) in [6.45, 7) is 6.18. The number of aromatic nitrogens is 2. The van der Waals surface area contributed by atoms with Gasteiger partial charge in [-0.2, -0.15) is 5.10 Å². The molecule has 0 unspecified atom stereocenters. The Hall–Kier alpha value is -1.13. The Morgan fingerprint density at radius 1 is 1.47 bits per heavy atom. The third-order valence-electron chi connectivity index (χ3n) is 2.14. The van der Waals surface area contributed by atoms with E-state index in [1.807, 2.05) is 20.8 Å². The number of hydrogen-bond donors (Lipinski definition) is 1. The molecular formula is C10H17F2N3. The van der Waals surface area contributed by atoms with Crippen LogP contribution in [-0.4, -0.2) is 16.2 Å².